The summed E-state index contributed by atoms with van der Waals surface area (Å²) in [4.78, 5) is 12.0. The van der Waals surface area contributed by atoms with Gasteiger partial charge in [-0.2, -0.15) is 0 Å². The third kappa shape index (κ3) is 3.41. The Balaban J connectivity index is 3.58. The average molecular weight is 303 g/mol. The maximum atomic E-state index is 12.0. The van der Waals surface area contributed by atoms with E-state index in [4.69, 9.17) is 0 Å². The highest BCUT2D eigenvalue weighted by Gasteiger charge is 2.38. The van der Waals surface area contributed by atoms with Crippen molar-refractivity contribution in [1.82, 2.24) is 4.98 Å². The lowest BCUT2D eigenvalue weighted by Crippen LogP contribution is -2.20. The Labute approximate surface area is 102 Å². The van der Waals surface area contributed by atoms with Crippen LogP contribution < -0.4 is 9.88 Å². The second-order valence-electron chi connectivity index (χ2n) is 2.98. The molecule has 0 saturated heterocycles. The number of primary sulfonamides is 1. The molecule has 1 heterocycles. The number of aromatic nitrogens is 1. The molecule has 0 aliphatic carbocycles. The Hall–Kier alpha value is -2.15. The van der Waals surface area contributed by atoms with E-state index in [1.54, 1.807) is 0 Å². The molecule has 1 aromatic rings. The lowest BCUT2D eigenvalue weighted by Gasteiger charge is -2.11. The van der Waals surface area contributed by atoms with Crippen LogP contribution in [0.4, 0.5) is 18.9 Å². The molecule has 9 nitrogen and oxygen atoms in total. The molecule has 106 valence electrons. The number of sulfonamides is 1. The molecule has 0 amide bonds. The van der Waals surface area contributed by atoms with E-state index in [2.05, 4.69) is 14.9 Å². The zero-order valence-corrected chi connectivity index (χ0v) is 9.40. The molecule has 0 atom stereocenters. The van der Waals surface area contributed by atoms with Crippen molar-refractivity contribution in [3.63, 3.8) is 0 Å². The summed E-state index contributed by atoms with van der Waals surface area (Å²) in [6.45, 7) is 0. The summed E-state index contributed by atoms with van der Waals surface area (Å²) in [5.74, 6) is -3.41. The van der Waals surface area contributed by atoms with Crippen molar-refractivity contribution >= 4 is 15.7 Å². The average Bonchev–Trinajstić information content (AvgIpc) is 2.16. The number of alkyl halides is 3. The number of halogens is 3. The number of pyridine rings is 1. The number of rotatable bonds is 3. The van der Waals surface area contributed by atoms with Crippen molar-refractivity contribution in [2.45, 2.75) is 11.4 Å². The number of aromatic hydroxyl groups is 1. The molecule has 3 N–H and O–H groups in total. The molecule has 0 unspecified atom stereocenters. The summed E-state index contributed by atoms with van der Waals surface area (Å²) in [5, 5.41) is 22.9. The SMILES string of the molecule is NS(=O)(=O)c1ncc([N+](=O)[O-])c(OC(F)(F)F)c1O. The van der Waals surface area contributed by atoms with Crippen molar-refractivity contribution in [2.24, 2.45) is 5.14 Å². The molecule has 13 heteroatoms. The Morgan fingerprint density at radius 2 is 2.00 bits per heavy atom. The molecule has 1 rings (SSSR count). The summed E-state index contributed by atoms with van der Waals surface area (Å²) < 4.78 is 61.1. The van der Waals surface area contributed by atoms with Crippen LogP contribution in [0.1, 0.15) is 0 Å². The van der Waals surface area contributed by atoms with Gasteiger partial charge in [-0.3, -0.25) is 10.1 Å². The van der Waals surface area contributed by atoms with Crippen LogP contribution in [0.25, 0.3) is 0 Å². The lowest BCUT2D eigenvalue weighted by atomic mass is 10.3. The third-order valence-electron chi connectivity index (χ3n) is 1.64. The fraction of sp³-hybridized carbons (Fsp3) is 0.167. The minimum Gasteiger partial charge on any atom is -0.502 e. The van der Waals surface area contributed by atoms with E-state index in [0.29, 0.717) is 0 Å². The van der Waals surface area contributed by atoms with Gasteiger partial charge < -0.3 is 9.84 Å². The number of nitrogens with zero attached hydrogens (tertiary/aromatic N) is 2. The quantitative estimate of drug-likeness (QED) is 0.600. The standard InChI is InChI=1S/C6H4F3N3O6S/c7-6(8,9)18-4-2(12(14)15)1-11-5(3(4)13)19(10,16)17/h1,13H,(H2,10,16,17). The van der Waals surface area contributed by atoms with Gasteiger partial charge in [0.15, 0.2) is 0 Å². The maximum absolute atomic E-state index is 12.0. The second kappa shape index (κ2) is 4.51. The van der Waals surface area contributed by atoms with Crippen molar-refractivity contribution in [3.05, 3.63) is 16.3 Å². The van der Waals surface area contributed by atoms with Crippen molar-refractivity contribution in [3.8, 4) is 11.5 Å². The van der Waals surface area contributed by atoms with Gasteiger partial charge >= 0.3 is 12.0 Å². The van der Waals surface area contributed by atoms with E-state index in [0.717, 1.165) is 0 Å². The van der Waals surface area contributed by atoms with Crippen molar-refractivity contribution < 1.29 is 36.4 Å². The van der Waals surface area contributed by atoms with Gasteiger partial charge in [-0.05, 0) is 0 Å². The fourth-order valence-corrected chi connectivity index (χ4v) is 1.57. The van der Waals surface area contributed by atoms with Crippen molar-refractivity contribution in [2.75, 3.05) is 0 Å². The van der Waals surface area contributed by atoms with Gasteiger partial charge in [0.05, 0.1) is 4.92 Å². The predicted molar refractivity (Wildman–Crippen MR) is 50.6 cm³/mol. The number of hydrogen-bond acceptors (Lipinski definition) is 7. The van der Waals surface area contributed by atoms with Crippen LogP contribution in [0, 0.1) is 10.1 Å². The molecule has 0 aromatic carbocycles. The van der Waals surface area contributed by atoms with E-state index in [1.807, 2.05) is 0 Å². The monoisotopic (exact) mass is 303 g/mol. The highest BCUT2D eigenvalue weighted by molar-refractivity contribution is 7.89. The van der Waals surface area contributed by atoms with Gasteiger partial charge in [0.2, 0.25) is 10.8 Å². The molecule has 1 aromatic heterocycles. The number of nitrogens with two attached hydrogens (primary N) is 1. The lowest BCUT2D eigenvalue weighted by molar-refractivity contribution is -0.389. The summed E-state index contributed by atoms with van der Waals surface area (Å²) in [5.41, 5.74) is -1.37. The third-order valence-corrected chi connectivity index (χ3v) is 2.48. The van der Waals surface area contributed by atoms with Gasteiger partial charge in [0, 0.05) is 0 Å². The topological polar surface area (TPSA) is 146 Å². The first-order chi connectivity index (χ1) is 8.43. The molecule has 0 aliphatic heterocycles. The van der Waals surface area contributed by atoms with E-state index in [9.17, 15) is 36.8 Å². The van der Waals surface area contributed by atoms with Crippen LogP contribution >= 0.6 is 0 Å². The minimum atomic E-state index is -5.39. The largest absolute Gasteiger partial charge is 0.573 e. The van der Waals surface area contributed by atoms with Crippen LogP contribution in [0.2, 0.25) is 0 Å². The highest BCUT2D eigenvalue weighted by Crippen LogP contribution is 2.41. The van der Waals surface area contributed by atoms with Gasteiger partial charge in [-0.1, -0.05) is 0 Å². The van der Waals surface area contributed by atoms with E-state index >= 15 is 0 Å². The summed E-state index contributed by atoms with van der Waals surface area (Å²) in [6, 6.07) is 0. The van der Waals surface area contributed by atoms with Gasteiger partial charge in [-0.15, -0.1) is 13.2 Å². The highest BCUT2D eigenvalue weighted by atomic mass is 32.2. The van der Waals surface area contributed by atoms with Gasteiger partial charge in [0.1, 0.15) is 6.20 Å². The van der Waals surface area contributed by atoms with Crippen molar-refractivity contribution in [1.29, 1.82) is 0 Å². The molecule has 0 fully saturated rings. The smallest absolute Gasteiger partial charge is 0.502 e. The molecule has 0 radical (unpaired) electrons. The zero-order chi connectivity index (χ0) is 15.0. The molecule has 0 spiro atoms. The first-order valence-corrected chi connectivity index (χ1v) is 5.63. The van der Waals surface area contributed by atoms with Crippen LogP contribution in [0.5, 0.6) is 11.5 Å². The van der Waals surface area contributed by atoms with Crippen LogP contribution in [0.15, 0.2) is 11.2 Å². The normalized spacial score (nSPS) is 12.2. The Morgan fingerprint density at radius 1 is 1.47 bits per heavy atom. The number of nitro groups is 1. The van der Waals surface area contributed by atoms with E-state index in [-0.39, 0.29) is 6.20 Å². The van der Waals surface area contributed by atoms with Crippen LogP contribution in [-0.4, -0.2) is 29.8 Å². The van der Waals surface area contributed by atoms with E-state index in [1.165, 1.54) is 0 Å². The summed E-state index contributed by atoms with van der Waals surface area (Å²) in [6.07, 6.45) is -5.22. The number of ether oxygens (including phenoxy) is 1. The minimum absolute atomic E-state index is 0.167. The Morgan fingerprint density at radius 3 is 2.37 bits per heavy atom. The van der Waals surface area contributed by atoms with Gasteiger partial charge in [-0.25, -0.2) is 18.5 Å². The predicted octanol–water partition coefficient (Wildman–Crippen LogP) is 0.241. The first kappa shape index (κ1) is 14.9. The van der Waals surface area contributed by atoms with Crippen LogP contribution in [0.3, 0.4) is 0 Å². The Bertz CT molecular complexity index is 628. The Kier molecular flexibility index (Phi) is 3.54. The van der Waals surface area contributed by atoms with Crippen LogP contribution in [-0.2, 0) is 10.0 Å². The first-order valence-electron chi connectivity index (χ1n) is 4.08. The zero-order valence-electron chi connectivity index (χ0n) is 8.58. The molecular weight excluding hydrogens is 299 g/mol. The molecule has 0 aliphatic rings. The maximum Gasteiger partial charge on any atom is 0.573 e. The molecular formula is C6H4F3N3O6S. The van der Waals surface area contributed by atoms with Gasteiger partial charge in [0.25, 0.3) is 15.8 Å². The summed E-state index contributed by atoms with van der Waals surface area (Å²) in [7, 11) is -4.69. The van der Waals surface area contributed by atoms with E-state index < -0.39 is 43.5 Å². The molecule has 0 bridgehead atoms. The second-order valence-corrected chi connectivity index (χ2v) is 4.45. The summed E-state index contributed by atoms with van der Waals surface area (Å²) >= 11 is 0. The fourth-order valence-electron chi connectivity index (χ4n) is 1.01. The number of hydrogen-bond donors (Lipinski definition) is 2. The molecule has 0 saturated carbocycles. The molecule has 19 heavy (non-hydrogen) atoms.